The topological polar surface area (TPSA) is 0 Å². The van der Waals surface area contributed by atoms with Gasteiger partial charge >= 0.3 is 18.9 Å². The van der Waals surface area contributed by atoms with Crippen LogP contribution in [0.25, 0.3) is 0 Å². The molecule has 0 unspecified atom stereocenters. The first-order chi connectivity index (χ1) is 4.70. The van der Waals surface area contributed by atoms with E-state index in [1.54, 1.807) is 0 Å². The largest absolute Gasteiger partial charge is 1.00 e. The van der Waals surface area contributed by atoms with E-state index in [0.717, 1.165) is 17.8 Å². The van der Waals surface area contributed by atoms with Crippen LogP contribution in [0.3, 0.4) is 0 Å². The molecule has 1 fully saturated rings. The van der Waals surface area contributed by atoms with E-state index in [4.69, 9.17) is 0 Å². The fourth-order valence-corrected chi connectivity index (χ4v) is 1.95. The Labute approximate surface area is 84.8 Å². The SMILES string of the molecule is CC1CCC(C(C)C)CC1.[H-].[Li+]. The molecule has 0 N–H and O–H groups in total. The van der Waals surface area contributed by atoms with Gasteiger partial charge in [0.1, 0.15) is 0 Å². The third kappa shape index (κ3) is 3.68. The molecule has 0 spiro atoms. The van der Waals surface area contributed by atoms with Gasteiger partial charge in [0.2, 0.25) is 0 Å². The van der Waals surface area contributed by atoms with Crippen LogP contribution >= 0.6 is 0 Å². The molecule has 0 aromatic heterocycles. The van der Waals surface area contributed by atoms with Gasteiger partial charge in [0.05, 0.1) is 0 Å². The Morgan fingerprint density at radius 3 is 1.91 bits per heavy atom. The quantitative estimate of drug-likeness (QED) is 0.477. The Hall–Kier alpha value is 0.597. The summed E-state index contributed by atoms with van der Waals surface area (Å²) in [6.45, 7) is 7.11. The van der Waals surface area contributed by atoms with Crippen molar-refractivity contribution in [2.45, 2.75) is 46.5 Å². The predicted molar refractivity (Wildman–Crippen MR) is 47.1 cm³/mol. The van der Waals surface area contributed by atoms with Crippen molar-refractivity contribution in [2.24, 2.45) is 17.8 Å². The molecule has 0 atom stereocenters. The van der Waals surface area contributed by atoms with Crippen LogP contribution in [0, 0.1) is 17.8 Å². The van der Waals surface area contributed by atoms with Crippen molar-refractivity contribution in [2.75, 3.05) is 0 Å². The zero-order chi connectivity index (χ0) is 7.56. The van der Waals surface area contributed by atoms with E-state index in [0.29, 0.717) is 0 Å². The average molecular weight is 148 g/mol. The maximum atomic E-state index is 2.39. The van der Waals surface area contributed by atoms with Crippen LogP contribution in [-0.4, -0.2) is 0 Å². The zero-order valence-electron chi connectivity index (χ0n) is 9.56. The maximum Gasteiger partial charge on any atom is 1.00 e. The monoisotopic (exact) mass is 148 g/mol. The summed E-state index contributed by atoms with van der Waals surface area (Å²) in [5.41, 5.74) is 0. The second kappa shape index (κ2) is 5.28. The van der Waals surface area contributed by atoms with Gasteiger partial charge in [-0.25, -0.2) is 0 Å². The Balaban J connectivity index is 0. The van der Waals surface area contributed by atoms with Gasteiger partial charge in [0.15, 0.2) is 0 Å². The standard InChI is InChI=1S/C10H20.Li.H/c1-8(2)10-6-4-9(3)5-7-10;;/h8-10H,4-7H2,1-3H3;;/q;+1;-1. The van der Waals surface area contributed by atoms with Gasteiger partial charge in [-0.1, -0.05) is 33.6 Å². The minimum Gasteiger partial charge on any atom is -1.00 e. The van der Waals surface area contributed by atoms with Gasteiger partial charge in [-0.2, -0.15) is 0 Å². The van der Waals surface area contributed by atoms with E-state index in [1.807, 2.05) is 0 Å². The summed E-state index contributed by atoms with van der Waals surface area (Å²) in [6.07, 6.45) is 5.92. The number of rotatable bonds is 1. The van der Waals surface area contributed by atoms with Crippen molar-refractivity contribution in [3.05, 3.63) is 0 Å². The Morgan fingerprint density at radius 1 is 1.09 bits per heavy atom. The summed E-state index contributed by atoms with van der Waals surface area (Å²) in [6, 6.07) is 0. The molecule has 0 heterocycles. The second-order valence-electron chi connectivity index (χ2n) is 4.26. The molecule has 0 amide bonds. The summed E-state index contributed by atoms with van der Waals surface area (Å²) in [7, 11) is 0. The third-order valence-electron chi connectivity index (χ3n) is 3.00. The zero-order valence-corrected chi connectivity index (χ0v) is 8.56. The van der Waals surface area contributed by atoms with Crippen molar-refractivity contribution in [1.82, 2.24) is 0 Å². The molecule has 1 rings (SSSR count). The van der Waals surface area contributed by atoms with Crippen LogP contribution in [0.1, 0.15) is 47.9 Å². The van der Waals surface area contributed by atoms with E-state index in [2.05, 4.69) is 20.8 Å². The minimum atomic E-state index is 0. The number of hydrogen-bond acceptors (Lipinski definition) is 0. The van der Waals surface area contributed by atoms with Crippen LogP contribution in [-0.2, 0) is 0 Å². The fraction of sp³-hybridized carbons (Fsp3) is 1.00. The van der Waals surface area contributed by atoms with Crippen molar-refractivity contribution >= 4 is 0 Å². The van der Waals surface area contributed by atoms with E-state index in [1.165, 1.54) is 25.7 Å². The second-order valence-corrected chi connectivity index (χ2v) is 4.26. The van der Waals surface area contributed by atoms with Crippen molar-refractivity contribution in [1.29, 1.82) is 0 Å². The van der Waals surface area contributed by atoms with Crippen LogP contribution in [0.5, 0.6) is 0 Å². The molecule has 1 aliphatic carbocycles. The molecule has 0 bridgehead atoms. The Kier molecular flexibility index (Phi) is 5.57. The first-order valence-corrected chi connectivity index (χ1v) is 4.70. The Bertz CT molecular complexity index is 96.0. The smallest absolute Gasteiger partial charge is 1.00 e. The van der Waals surface area contributed by atoms with Crippen LogP contribution in [0.4, 0.5) is 0 Å². The fourth-order valence-electron chi connectivity index (χ4n) is 1.95. The van der Waals surface area contributed by atoms with Crippen LogP contribution in [0.2, 0.25) is 0 Å². The van der Waals surface area contributed by atoms with Gasteiger partial charge in [-0.15, -0.1) is 0 Å². The predicted octanol–water partition coefficient (Wildman–Crippen LogP) is 0.585. The van der Waals surface area contributed by atoms with Gasteiger partial charge in [-0.05, 0) is 30.6 Å². The van der Waals surface area contributed by atoms with Gasteiger partial charge in [0, 0.05) is 0 Å². The first kappa shape index (κ1) is 11.6. The van der Waals surface area contributed by atoms with E-state index in [-0.39, 0.29) is 20.3 Å². The van der Waals surface area contributed by atoms with E-state index in [9.17, 15) is 0 Å². The molecule has 11 heavy (non-hydrogen) atoms. The van der Waals surface area contributed by atoms with E-state index < -0.39 is 0 Å². The molecule has 0 aliphatic heterocycles. The van der Waals surface area contributed by atoms with Gasteiger partial charge in [0.25, 0.3) is 0 Å². The third-order valence-corrected chi connectivity index (χ3v) is 3.00. The summed E-state index contributed by atoms with van der Waals surface area (Å²) >= 11 is 0. The molecule has 0 nitrogen and oxygen atoms in total. The van der Waals surface area contributed by atoms with Crippen LogP contribution < -0.4 is 18.9 Å². The van der Waals surface area contributed by atoms with E-state index >= 15 is 0 Å². The summed E-state index contributed by atoms with van der Waals surface area (Å²) in [5, 5.41) is 0. The summed E-state index contributed by atoms with van der Waals surface area (Å²) < 4.78 is 0. The molecular formula is C10H21Li. The van der Waals surface area contributed by atoms with Crippen molar-refractivity contribution < 1.29 is 20.3 Å². The molecule has 0 saturated heterocycles. The normalized spacial score (nSPS) is 31.6. The minimum absolute atomic E-state index is 0. The number of hydrogen-bond donors (Lipinski definition) is 0. The summed E-state index contributed by atoms with van der Waals surface area (Å²) in [4.78, 5) is 0. The van der Waals surface area contributed by atoms with Gasteiger partial charge < -0.3 is 1.43 Å². The molecule has 1 aliphatic rings. The molecule has 0 aromatic carbocycles. The summed E-state index contributed by atoms with van der Waals surface area (Å²) in [5.74, 6) is 2.97. The first-order valence-electron chi connectivity index (χ1n) is 4.70. The van der Waals surface area contributed by atoms with Gasteiger partial charge in [-0.3, -0.25) is 0 Å². The molecule has 1 heteroatoms. The average Bonchev–Trinajstić information content (AvgIpc) is 1.88. The van der Waals surface area contributed by atoms with Crippen molar-refractivity contribution in [3.63, 3.8) is 0 Å². The maximum absolute atomic E-state index is 2.39. The molecular weight excluding hydrogens is 127 g/mol. The Morgan fingerprint density at radius 2 is 1.55 bits per heavy atom. The van der Waals surface area contributed by atoms with Crippen molar-refractivity contribution in [3.8, 4) is 0 Å². The molecule has 0 aromatic rings. The molecule has 62 valence electrons. The van der Waals surface area contributed by atoms with Crippen LogP contribution in [0.15, 0.2) is 0 Å². The molecule has 0 radical (unpaired) electrons. The molecule has 1 saturated carbocycles.